The first kappa shape index (κ1) is 21.3. The Morgan fingerprint density at radius 3 is 2.63 bits per heavy atom. The number of nitrogens with two attached hydrogens (primary N) is 1. The third-order valence-electron chi connectivity index (χ3n) is 6.26. The lowest BCUT2D eigenvalue weighted by atomic mass is 9.76. The van der Waals surface area contributed by atoms with Crippen molar-refractivity contribution in [1.29, 1.82) is 0 Å². The second-order valence-electron chi connectivity index (χ2n) is 8.65. The van der Waals surface area contributed by atoms with Crippen molar-refractivity contribution in [3.05, 3.63) is 65.2 Å². The molecule has 3 N–H and O–H groups in total. The summed E-state index contributed by atoms with van der Waals surface area (Å²) in [6, 6.07) is 16.8. The first-order chi connectivity index (χ1) is 14.5. The number of aryl methyl sites for hydroxylation is 1. The second-order valence-corrected chi connectivity index (χ2v) is 10.6. The van der Waals surface area contributed by atoms with Crippen LogP contribution < -0.4 is 15.2 Å². The zero-order chi connectivity index (χ0) is 21.0. The first-order valence-electron chi connectivity index (χ1n) is 11.0. The summed E-state index contributed by atoms with van der Waals surface area (Å²) in [5, 5.41) is 0. The molecule has 0 radical (unpaired) electrons. The summed E-state index contributed by atoms with van der Waals surface area (Å²) >= 11 is 0. The highest BCUT2D eigenvalue weighted by atomic mass is 32.2. The average Bonchev–Trinajstić information content (AvgIpc) is 3.57. The van der Waals surface area contributed by atoms with E-state index in [1.807, 2.05) is 12.1 Å². The number of rotatable bonds is 10. The highest BCUT2D eigenvalue weighted by Gasteiger charge is 2.28. The molecule has 162 valence electrons. The van der Waals surface area contributed by atoms with Gasteiger partial charge in [0.25, 0.3) is 0 Å². The summed E-state index contributed by atoms with van der Waals surface area (Å²) in [4.78, 5) is 0. The van der Waals surface area contributed by atoms with Gasteiger partial charge in [0.05, 0.1) is 5.75 Å². The number of hydrogen-bond acceptors (Lipinski definition) is 4. The number of ether oxygens (including phenoxy) is 1. The molecule has 0 spiro atoms. The highest BCUT2D eigenvalue weighted by Crippen LogP contribution is 2.36. The van der Waals surface area contributed by atoms with Crippen LogP contribution in [-0.4, -0.2) is 33.4 Å². The summed E-state index contributed by atoms with van der Waals surface area (Å²) in [5.74, 6) is 1.87. The van der Waals surface area contributed by atoms with E-state index < -0.39 is 10.0 Å². The molecule has 4 rings (SSSR count). The molecule has 2 aliphatic rings. The maximum absolute atomic E-state index is 12.0. The van der Waals surface area contributed by atoms with Crippen molar-refractivity contribution in [2.75, 3.05) is 18.9 Å². The van der Waals surface area contributed by atoms with Crippen LogP contribution in [0.4, 0.5) is 0 Å². The Morgan fingerprint density at radius 2 is 1.87 bits per heavy atom. The van der Waals surface area contributed by atoms with Crippen LogP contribution in [0.5, 0.6) is 5.75 Å². The predicted molar refractivity (Wildman–Crippen MR) is 120 cm³/mol. The molecule has 2 aromatic carbocycles. The summed E-state index contributed by atoms with van der Waals surface area (Å²) in [6.07, 6.45) is 6.01. The summed E-state index contributed by atoms with van der Waals surface area (Å²) in [6.45, 7) is 0.605. The molecule has 30 heavy (non-hydrogen) atoms. The van der Waals surface area contributed by atoms with Crippen molar-refractivity contribution in [2.24, 2.45) is 11.7 Å². The van der Waals surface area contributed by atoms with Crippen molar-refractivity contribution in [3.63, 3.8) is 0 Å². The van der Waals surface area contributed by atoms with Crippen LogP contribution >= 0.6 is 0 Å². The minimum atomic E-state index is -3.20. The molecular formula is C24H32N2O3S. The normalized spacial score (nSPS) is 21.2. The van der Waals surface area contributed by atoms with E-state index in [0.29, 0.717) is 12.5 Å². The van der Waals surface area contributed by atoms with E-state index in [0.717, 1.165) is 31.4 Å². The van der Waals surface area contributed by atoms with Gasteiger partial charge in [0, 0.05) is 18.5 Å². The van der Waals surface area contributed by atoms with Crippen LogP contribution in [0.1, 0.15) is 48.3 Å². The van der Waals surface area contributed by atoms with Crippen molar-refractivity contribution in [1.82, 2.24) is 4.72 Å². The van der Waals surface area contributed by atoms with E-state index in [-0.39, 0.29) is 24.3 Å². The van der Waals surface area contributed by atoms with Gasteiger partial charge in [-0.05, 0) is 60.4 Å². The second kappa shape index (κ2) is 9.50. The number of nitrogens with one attached hydrogen (secondary N) is 1. The lowest BCUT2D eigenvalue weighted by Gasteiger charge is -2.32. The minimum absolute atomic E-state index is 0.131. The molecule has 1 saturated carbocycles. The Morgan fingerprint density at radius 1 is 1.07 bits per heavy atom. The molecule has 2 unspecified atom stereocenters. The van der Waals surface area contributed by atoms with Crippen LogP contribution in [0, 0.1) is 5.92 Å². The molecule has 0 heterocycles. The molecule has 1 fully saturated rings. The van der Waals surface area contributed by atoms with Gasteiger partial charge in [0.15, 0.2) is 0 Å². The summed E-state index contributed by atoms with van der Waals surface area (Å²) in [5.41, 5.74) is 10.4. The van der Waals surface area contributed by atoms with Crippen LogP contribution in [-0.2, 0) is 22.9 Å². The molecule has 0 aliphatic heterocycles. The van der Waals surface area contributed by atoms with Gasteiger partial charge in [-0.25, -0.2) is 13.1 Å². The van der Waals surface area contributed by atoms with Crippen molar-refractivity contribution < 1.29 is 13.2 Å². The Labute approximate surface area is 180 Å². The van der Waals surface area contributed by atoms with Crippen LogP contribution in [0.3, 0.4) is 0 Å². The van der Waals surface area contributed by atoms with Gasteiger partial charge < -0.3 is 10.5 Å². The molecule has 0 aromatic heterocycles. The number of benzene rings is 2. The van der Waals surface area contributed by atoms with E-state index in [9.17, 15) is 8.42 Å². The Bertz CT molecular complexity index is 942. The van der Waals surface area contributed by atoms with E-state index in [4.69, 9.17) is 10.5 Å². The number of sulfonamides is 1. The average molecular weight is 429 g/mol. The highest BCUT2D eigenvalue weighted by molar-refractivity contribution is 7.89. The van der Waals surface area contributed by atoms with E-state index >= 15 is 0 Å². The molecule has 2 aromatic rings. The fraction of sp³-hybridized carbons (Fsp3) is 0.500. The fourth-order valence-electron chi connectivity index (χ4n) is 4.29. The largest absolute Gasteiger partial charge is 0.492 e. The van der Waals surface area contributed by atoms with Crippen molar-refractivity contribution in [3.8, 4) is 5.75 Å². The minimum Gasteiger partial charge on any atom is -0.492 e. The third kappa shape index (κ3) is 5.84. The zero-order valence-electron chi connectivity index (χ0n) is 17.4. The molecule has 6 heteroatoms. The van der Waals surface area contributed by atoms with Gasteiger partial charge in [-0.1, -0.05) is 49.2 Å². The van der Waals surface area contributed by atoms with Gasteiger partial charge >= 0.3 is 0 Å². The molecule has 5 nitrogen and oxygen atoms in total. The van der Waals surface area contributed by atoms with Gasteiger partial charge in [-0.3, -0.25) is 0 Å². The molecule has 0 saturated heterocycles. The Hall–Kier alpha value is -1.89. The Kier molecular flexibility index (Phi) is 6.76. The third-order valence-corrected chi connectivity index (χ3v) is 7.68. The quantitative estimate of drug-likeness (QED) is 0.569. The molecule has 0 bridgehead atoms. The Balaban J connectivity index is 1.35. The smallest absolute Gasteiger partial charge is 0.211 e. The molecule has 2 atom stereocenters. The zero-order valence-corrected chi connectivity index (χ0v) is 18.2. The monoisotopic (exact) mass is 428 g/mol. The maximum Gasteiger partial charge on any atom is 0.211 e. The molecular weight excluding hydrogens is 396 g/mol. The number of hydrogen-bond donors (Lipinski definition) is 2. The van der Waals surface area contributed by atoms with Crippen LogP contribution in [0.25, 0.3) is 0 Å². The van der Waals surface area contributed by atoms with E-state index in [1.165, 1.54) is 29.5 Å². The number of fused-ring (bicyclic) bond motifs is 1. The van der Waals surface area contributed by atoms with Gasteiger partial charge in [-0.2, -0.15) is 0 Å². The molecule has 2 aliphatic carbocycles. The van der Waals surface area contributed by atoms with Gasteiger partial charge in [-0.15, -0.1) is 0 Å². The first-order valence-corrected chi connectivity index (χ1v) is 12.7. The SMILES string of the molecule is NC1CCc2ccc(OCCNS(=O)(=O)CCC3CC3)cc2C1Cc1ccccc1. The van der Waals surface area contributed by atoms with E-state index in [2.05, 4.69) is 41.1 Å². The van der Waals surface area contributed by atoms with E-state index in [1.54, 1.807) is 0 Å². The van der Waals surface area contributed by atoms with Crippen molar-refractivity contribution in [2.45, 2.75) is 50.5 Å². The summed E-state index contributed by atoms with van der Waals surface area (Å²) in [7, 11) is -3.20. The standard InChI is InChI=1S/C24H32N2O3S/c25-24-11-9-20-8-10-21(17-22(20)23(24)16-19-4-2-1-3-5-19)29-14-13-26-30(27,28)15-12-18-6-7-18/h1-5,8,10,17-18,23-24,26H,6-7,9,11-16,25H2. The fourth-order valence-corrected chi connectivity index (χ4v) is 5.47. The van der Waals surface area contributed by atoms with Gasteiger partial charge in [0.2, 0.25) is 10.0 Å². The maximum atomic E-state index is 12.0. The summed E-state index contributed by atoms with van der Waals surface area (Å²) < 4.78 is 32.6. The lowest BCUT2D eigenvalue weighted by molar-refractivity contribution is 0.321. The van der Waals surface area contributed by atoms with Crippen LogP contribution in [0.2, 0.25) is 0 Å². The molecule has 0 amide bonds. The predicted octanol–water partition coefficient (Wildman–Crippen LogP) is 3.38. The lowest BCUT2D eigenvalue weighted by Crippen LogP contribution is -2.34. The van der Waals surface area contributed by atoms with Crippen molar-refractivity contribution >= 4 is 10.0 Å². The van der Waals surface area contributed by atoms with Crippen LogP contribution in [0.15, 0.2) is 48.5 Å². The topological polar surface area (TPSA) is 81.4 Å². The van der Waals surface area contributed by atoms with Gasteiger partial charge in [0.1, 0.15) is 12.4 Å².